The zero-order valence-corrected chi connectivity index (χ0v) is 14.4. The summed E-state index contributed by atoms with van der Waals surface area (Å²) in [4.78, 5) is 0. The molecule has 1 aromatic carbocycles. The van der Waals surface area contributed by atoms with E-state index in [1.807, 2.05) is 6.92 Å². The van der Waals surface area contributed by atoms with E-state index in [1.165, 1.54) is 6.07 Å². The van der Waals surface area contributed by atoms with Crippen LogP contribution in [-0.4, -0.2) is 55.3 Å². The molecule has 0 spiro atoms. The average Bonchev–Trinajstić information content (AvgIpc) is 2.97. The number of aromatic nitrogens is 4. The minimum Gasteiger partial charge on any atom is -0.388 e. The van der Waals surface area contributed by atoms with Crippen LogP contribution >= 0.6 is 0 Å². The molecular weight excluding hydrogens is 308 g/mol. The van der Waals surface area contributed by atoms with Crippen LogP contribution in [0.3, 0.4) is 0 Å². The number of aliphatic hydroxyl groups is 1. The number of hydrogen-bond acceptors (Lipinski definition) is 4. The van der Waals surface area contributed by atoms with Crippen molar-refractivity contribution < 1.29 is 18.3 Å². The van der Waals surface area contributed by atoms with Crippen molar-refractivity contribution in [3.8, 4) is 11.4 Å². The van der Waals surface area contributed by atoms with Gasteiger partial charge in [-0.1, -0.05) is 25.8 Å². The number of unbranched alkanes of at least 4 members (excludes halogenated alkanes) is 1. The maximum Gasteiger partial charge on any atom is 0.416 e. The van der Waals surface area contributed by atoms with Crippen molar-refractivity contribution in [3.63, 3.8) is 0 Å². The van der Waals surface area contributed by atoms with Crippen molar-refractivity contribution in [1.82, 2.24) is 20.6 Å². The number of aliphatic hydroxyl groups excluding tert-OH is 1. The molecule has 0 aliphatic carbocycles. The Bertz CT molecular complexity index is 589. The van der Waals surface area contributed by atoms with Crippen molar-refractivity contribution in [3.05, 3.63) is 29.3 Å². The molecule has 0 bridgehead atoms. The van der Waals surface area contributed by atoms with E-state index in [2.05, 4.69) is 20.6 Å². The fraction of sp³-hybridized carbons (Fsp3) is 0.462. The van der Waals surface area contributed by atoms with E-state index in [4.69, 9.17) is 0 Å². The summed E-state index contributed by atoms with van der Waals surface area (Å²) in [5, 5.41) is 23.0. The van der Waals surface area contributed by atoms with Gasteiger partial charge in [-0.25, -0.2) is 5.10 Å². The first-order valence-corrected chi connectivity index (χ1v) is 6.56. The second-order valence-corrected chi connectivity index (χ2v) is 4.71. The molecule has 2 rings (SSSR count). The first-order valence-electron chi connectivity index (χ1n) is 6.56. The summed E-state index contributed by atoms with van der Waals surface area (Å²) >= 11 is 0. The van der Waals surface area contributed by atoms with Gasteiger partial charge in [-0.2, -0.15) is 13.2 Å². The quantitative estimate of drug-likeness (QED) is 0.830. The molecule has 0 saturated carbocycles. The second-order valence-electron chi connectivity index (χ2n) is 4.71. The van der Waals surface area contributed by atoms with Gasteiger partial charge in [0, 0.05) is 35.1 Å². The predicted molar refractivity (Wildman–Crippen MR) is 74.9 cm³/mol. The molecule has 0 aliphatic rings. The number of alkyl halides is 3. The van der Waals surface area contributed by atoms with E-state index < -0.39 is 17.8 Å². The van der Waals surface area contributed by atoms with Gasteiger partial charge >= 0.3 is 6.18 Å². The van der Waals surface area contributed by atoms with Crippen LogP contribution < -0.4 is 0 Å². The molecule has 1 radical (unpaired) electrons. The number of nitrogens with one attached hydrogen (secondary N) is 1. The zero-order chi connectivity index (χ0) is 15.5. The van der Waals surface area contributed by atoms with E-state index in [1.54, 1.807) is 0 Å². The molecule has 22 heavy (non-hydrogen) atoms. The predicted octanol–water partition coefficient (Wildman–Crippen LogP) is 2.73. The third kappa shape index (κ3) is 4.52. The molecule has 0 fully saturated rings. The van der Waals surface area contributed by atoms with Crippen molar-refractivity contribution in [1.29, 1.82) is 0 Å². The normalized spacial score (nSPS) is 12.8. The third-order valence-electron chi connectivity index (χ3n) is 3.17. The Morgan fingerprint density at radius 2 is 2.05 bits per heavy atom. The molecule has 1 atom stereocenters. The number of halogens is 3. The Labute approximate surface area is 147 Å². The molecule has 0 amide bonds. The maximum absolute atomic E-state index is 12.8. The molecule has 0 aliphatic heterocycles. The van der Waals surface area contributed by atoms with Crippen LogP contribution in [0.1, 0.15) is 43.4 Å². The molecule has 5 nitrogen and oxygen atoms in total. The third-order valence-corrected chi connectivity index (χ3v) is 3.17. The largest absolute Gasteiger partial charge is 0.416 e. The monoisotopic (exact) mass is 323 g/mol. The Kier molecular flexibility index (Phi) is 6.98. The van der Waals surface area contributed by atoms with Gasteiger partial charge in [-0.15, -0.1) is 5.10 Å². The van der Waals surface area contributed by atoms with Crippen LogP contribution in [0.25, 0.3) is 11.4 Å². The van der Waals surface area contributed by atoms with Crippen LogP contribution in [0.15, 0.2) is 18.2 Å². The summed E-state index contributed by atoms with van der Waals surface area (Å²) in [6.07, 6.45) is -3.19. The van der Waals surface area contributed by atoms with Crippen LogP contribution in [-0.2, 0) is 6.18 Å². The Morgan fingerprint density at radius 1 is 1.32 bits per heavy atom. The van der Waals surface area contributed by atoms with Gasteiger partial charge in [0.15, 0.2) is 5.82 Å². The first kappa shape index (κ1) is 19.1. The van der Waals surface area contributed by atoms with E-state index in [0.29, 0.717) is 12.0 Å². The van der Waals surface area contributed by atoms with Crippen LogP contribution in [0, 0.1) is 0 Å². The summed E-state index contributed by atoms with van der Waals surface area (Å²) in [6, 6.07) is 3.19. The number of H-pyrrole nitrogens is 1. The molecule has 2 aromatic rings. The van der Waals surface area contributed by atoms with E-state index in [0.717, 1.165) is 25.0 Å². The summed E-state index contributed by atoms with van der Waals surface area (Å²) in [5.74, 6) is 0.103. The van der Waals surface area contributed by atoms with Gasteiger partial charge in [0.25, 0.3) is 0 Å². The van der Waals surface area contributed by atoms with Gasteiger partial charge in [-0.05, 0) is 34.5 Å². The van der Waals surface area contributed by atoms with Gasteiger partial charge in [-0.3, -0.25) is 0 Å². The zero-order valence-electron chi connectivity index (χ0n) is 12.4. The summed E-state index contributed by atoms with van der Waals surface area (Å²) in [5.41, 5.74) is -0.256. The number of rotatable bonds is 5. The molecule has 9 heteroatoms. The van der Waals surface area contributed by atoms with E-state index in [9.17, 15) is 18.3 Å². The molecular formula is C13H15F3N4NaO. The van der Waals surface area contributed by atoms with Crippen molar-refractivity contribution in [2.24, 2.45) is 0 Å². The second kappa shape index (κ2) is 8.05. The van der Waals surface area contributed by atoms with E-state index in [-0.39, 0.29) is 40.9 Å². The Morgan fingerprint density at radius 3 is 2.59 bits per heavy atom. The molecule has 2 N–H and O–H groups in total. The first-order chi connectivity index (χ1) is 9.93. The fourth-order valence-corrected chi connectivity index (χ4v) is 2.05. The van der Waals surface area contributed by atoms with Crippen LogP contribution in [0.4, 0.5) is 13.2 Å². The number of benzene rings is 1. The molecule has 1 heterocycles. The minimum absolute atomic E-state index is 0. The summed E-state index contributed by atoms with van der Waals surface area (Å²) in [7, 11) is 0. The van der Waals surface area contributed by atoms with Gasteiger partial charge in [0.05, 0.1) is 11.7 Å². The van der Waals surface area contributed by atoms with Gasteiger partial charge in [0.2, 0.25) is 0 Å². The maximum atomic E-state index is 12.8. The number of tetrazole rings is 1. The van der Waals surface area contributed by atoms with Gasteiger partial charge < -0.3 is 5.11 Å². The number of aromatic amines is 1. The fourth-order valence-electron chi connectivity index (χ4n) is 2.05. The molecule has 1 aromatic heterocycles. The van der Waals surface area contributed by atoms with Crippen molar-refractivity contribution >= 4 is 29.6 Å². The standard InChI is InChI=1S/C13H15F3N4O.Na/c1-2-3-4-11(21)9-6-5-8(13(14,15)16)7-10(9)12-17-19-20-18-12;/h5-7,11,21H,2-4H2,1H3,(H,17,18,19,20);. The molecule has 0 saturated heterocycles. The molecule has 115 valence electrons. The topological polar surface area (TPSA) is 74.7 Å². The SMILES string of the molecule is CCCCC(O)c1ccc(C(F)(F)F)cc1-c1nnn[nH]1.[Na]. The summed E-state index contributed by atoms with van der Waals surface area (Å²) < 4.78 is 38.5. The summed E-state index contributed by atoms with van der Waals surface area (Å²) in [6.45, 7) is 1.97. The number of hydrogen-bond donors (Lipinski definition) is 2. The van der Waals surface area contributed by atoms with Gasteiger partial charge in [0.1, 0.15) is 0 Å². The van der Waals surface area contributed by atoms with Crippen LogP contribution in [0.2, 0.25) is 0 Å². The molecule has 1 unspecified atom stereocenters. The Hall–Kier alpha value is -0.960. The van der Waals surface area contributed by atoms with Crippen molar-refractivity contribution in [2.75, 3.05) is 0 Å². The Balaban J connectivity index is 0.00000242. The smallest absolute Gasteiger partial charge is 0.388 e. The number of nitrogens with zero attached hydrogens (tertiary/aromatic N) is 3. The van der Waals surface area contributed by atoms with E-state index >= 15 is 0 Å². The van der Waals surface area contributed by atoms with Crippen LogP contribution in [0.5, 0.6) is 0 Å². The van der Waals surface area contributed by atoms with Crippen molar-refractivity contribution in [2.45, 2.75) is 38.5 Å². The minimum atomic E-state index is -4.46. The average molecular weight is 323 g/mol.